The number of hydrogen-bond acceptors (Lipinski definition) is 4. The van der Waals surface area contributed by atoms with Gasteiger partial charge in [0.25, 0.3) is 0 Å². The van der Waals surface area contributed by atoms with Crippen LogP contribution in [0, 0.1) is 0 Å². The molecule has 4 heteroatoms. The zero-order valence-electron chi connectivity index (χ0n) is 8.37. The Kier molecular flexibility index (Phi) is 5.31. The summed E-state index contributed by atoms with van der Waals surface area (Å²) < 4.78 is 10.7. The van der Waals surface area contributed by atoms with Crippen molar-refractivity contribution in [3.8, 4) is 0 Å². The van der Waals surface area contributed by atoms with E-state index >= 15 is 0 Å². The molecule has 0 aromatic rings. The number of rotatable bonds is 5. The number of nitrogens with two attached hydrogens (primary N) is 1. The molecule has 2 N–H and O–H groups in total. The van der Waals surface area contributed by atoms with Gasteiger partial charge in [-0.2, -0.15) is 0 Å². The van der Waals surface area contributed by atoms with Crippen molar-refractivity contribution in [2.75, 3.05) is 46.1 Å². The van der Waals surface area contributed by atoms with Gasteiger partial charge in [0.15, 0.2) is 0 Å². The fraction of sp³-hybridized carbons (Fsp3) is 1.00. The molecule has 0 amide bonds. The van der Waals surface area contributed by atoms with Crippen LogP contribution in [-0.4, -0.2) is 57.0 Å². The maximum Gasteiger partial charge on any atom is 0.0619 e. The predicted octanol–water partition coefficient (Wildman–Crippen LogP) is -0.318. The van der Waals surface area contributed by atoms with Crippen LogP contribution >= 0.6 is 0 Å². The molecular weight excluding hydrogens is 168 g/mol. The molecule has 1 aliphatic rings. The third-order valence-electron chi connectivity index (χ3n) is 2.29. The van der Waals surface area contributed by atoms with Crippen LogP contribution in [0.25, 0.3) is 0 Å². The Balaban J connectivity index is 2.05. The Hall–Kier alpha value is -0.160. The lowest BCUT2D eigenvalue weighted by Crippen LogP contribution is -2.45. The van der Waals surface area contributed by atoms with Crippen LogP contribution in [0.5, 0.6) is 0 Å². The Morgan fingerprint density at radius 1 is 1.54 bits per heavy atom. The highest BCUT2D eigenvalue weighted by atomic mass is 16.5. The van der Waals surface area contributed by atoms with Gasteiger partial charge in [0, 0.05) is 25.7 Å². The van der Waals surface area contributed by atoms with Crippen molar-refractivity contribution in [1.29, 1.82) is 0 Å². The van der Waals surface area contributed by atoms with Crippen LogP contribution in [0.3, 0.4) is 0 Å². The molecule has 1 unspecified atom stereocenters. The highest BCUT2D eigenvalue weighted by Gasteiger charge is 2.17. The highest BCUT2D eigenvalue weighted by molar-refractivity contribution is 4.70. The second-order valence-corrected chi connectivity index (χ2v) is 3.36. The Morgan fingerprint density at radius 2 is 2.38 bits per heavy atom. The zero-order valence-corrected chi connectivity index (χ0v) is 8.37. The van der Waals surface area contributed by atoms with Gasteiger partial charge in [0.1, 0.15) is 0 Å². The molecule has 0 aromatic carbocycles. The molecule has 1 heterocycles. The summed E-state index contributed by atoms with van der Waals surface area (Å²) >= 11 is 0. The van der Waals surface area contributed by atoms with Crippen molar-refractivity contribution in [2.45, 2.75) is 13.0 Å². The zero-order chi connectivity index (χ0) is 9.52. The molecule has 1 fully saturated rings. The fourth-order valence-corrected chi connectivity index (χ4v) is 1.46. The number of nitrogens with zero attached hydrogens (tertiary/aromatic N) is 1. The average Bonchev–Trinajstić information content (AvgIpc) is 2.15. The van der Waals surface area contributed by atoms with E-state index in [0.717, 1.165) is 32.9 Å². The molecule has 0 saturated carbocycles. The molecule has 0 radical (unpaired) electrons. The molecule has 1 atom stereocenters. The third-order valence-corrected chi connectivity index (χ3v) is 2.29. The van der Waals surface area contributed by atoms with Gasteiger partial charge >= 0.3 is 0 Å². The van der Waals surface area contributed by atoms with E-state index in [9.17, 15) is 0 Å². The van der Waals surface area contributed by atoms with Crippen LogP contribution < -0.4 is 5.73 Å². The van der Waals surface area contributed by atoms with E-state index in [0.29, 0.717) is 19.2 Å². The molecular formula is C9H20N2O2. The van der Waals surface area contributed by atoms with Gasteiger partial charge in [0.2, 0.25) is 0 Å². The molecule has 0 aromatic heterocycles. The number of ether oxygens (including phenoxy) is 2. The molecule has 1 saturated heterocycles. The van der Waals surface area contributed by atoms with Gasteiger partial charge in [-0.25, -0.2) is 0 Å². The summed E-state index contributed by atoms with van der Waals surface area (Å²) in [6.07, 6.45) is 0. The van der Waals surface area contributed by atoms with Crippen molar-refractivity contribution in [3.63, 3.8) is 0 Å². The second-order valence-electron chi connectivity index (χ2n) is 3.36. The first kappa shape index (κ1) is 10.9. The maximum atomic E-state index is 5.34. The van der Waals surface area contributed by atoms with Crippen LogP contribution in [0.1, 0.15) is 6.92 Å². The average molecular weight is 188 g/mol. The third kappa shape index (κ3) is 4.04. The van der Waals surface area contributed by atoms with Crippen molar-refractivity contribution in [1.82, 2.24) is 4.90 Å². The summed E-state index contributed by atoms with van der Waals surface area (Å²) in [4.78, 5) is 2.39. The summed E-state index contributed by atoms with van der Waals surface area (Å²) in [7, 11) is 0. The van der Waals surface area contributed by atoms with Crippen LogP contribution in [0.15, 0.2) is 0 Å². The summed E-state index contributed by atoms with van der Waals surface area (Å²) in [5.74, 6) is 0. The first-order valence-electron chi connectivity index (χ1n) is 4.94. The SMILES string of the molecule is CC1COCCN1CCOCCN. The normalized spacial score (nSPS) is 24.9. The Labute approximate surface area is 80.0 Å². The summed E-state index contributed by atoms with van der Waals surface area (Å²) in [6, 6.07) is 0.523. The monoisotopic (exact) mass is 188 g/mol. The minimum absolute atomic E-state index is 0.523. The van der Waals surface area contributed by atoms with Crippen molar-refractivity contribution < 1.29 is 9.47 Å². The van der Waals surface area contributed by atoms with Crippen LogP contribution in [0.2, 0.25) is 0 Å². The summed E-state index contributed by atoms with van der Waals surface area (Å²) in [5.41, 5.74) is 5.32. The summed E-state index contributed by atoms with van der Waals surface area (Å²) in [6.45, 7) is 7.94. The van der Waals surface area contributed by atoms with Crippen molar-refractivity contribution in [3.05, 3.63) is 0 Å². The molecule has 0 aliphatic carbocycles. The molecule has 4 nitrogen and oxygen atoms in total. The van der Waals surface area contributed by atoms with E-state index in [-0.39, 0.29) is 0 Å². The standard InChI is InChI=1S/C9H20N2O2/c1-9-8-13-7-4-11(9)3-6-12-5-2-10/h9H,2-8,10H2,1H3. The van der Waals surface area contributed by atoms with E-state index in [1.807, 2.05) is 0 Å². The largest absolute Gasteiger partial charge is 0.379 e. The minimum atomic E-state index is 0.523. The molecule has 0 spiro atoms. The first-order valence-corrected chi connectivity index (χ1v) is 4.94. The Bertz CT molecular complexity index is 133. The van der Waals surface area contributed by atoms with Gasteiger partial charge < -0.3 is 15.2 Å². The minimum Gasteiger partial charge on any atom is -0.379 e. The van der Waals surface area contributed by atoms with Gasteiger partial charge in [-0.05, 0) is 6.92 Å². The topological polar surface area (TPSA) is 47.7 Å². The van der Waals surface area contributed by atoms with E-state index in [1.165, 1.54) is 0 Å². The fourth-order valence-electron chi connectivity index (χ4n) is 1.46. The van der Waals surface area contributed by atoms with Crippen molar-refractivity contribution in [2.24, 2.45) is 5.73 Å². The lowest BCUT2D eigenvalue weighted by Gasteiger charge is -2.32. The van der Waals surface area contributed by atoms with Gasteiger partial charge in [-0.15, -0.1) is 0 Å². The maximum absolute atomic E-state index is 5.34. The van der Waals surface area contributed by atoms with Crippen molar-refractivity contribution >= 4 is 0 Å². The smallest absolute Gasteiger partial charge is 0.0619 e. The van der Waals surface area contributed by atoms with E-state index < -0.39 is 0 Å². The lowest BCUT2D eigenvalue weighted by atomic mass is 10.2. The van der Waals surface area contributed by atoms with Crippen LogP contribution in [-0.2, 0) is 9.47 Å². The van der Waals surface area contributed by atoms with E-state index in [1.54, 1.807) is 0 Å². The van der Waals surface area contributed by atoms with Crippen LogP contribution in [0.4, 0.5) is 0 Å². The van der Waals surface area contributed by atoms with Gasteiger partial charge in [-0.1, -0.05) is 0 Å². The summed E-state index contributed by atoms with van der Waals surface area (Å²) in [5, 5.41) is 0. The molecule has 1 aliphatic heterocycles. The van der Waals surface area contributed by atoms with Gasteiger partial charge in [-0.3, -0.25) is 4.90 Å². The van der Waals surface area contributed by atoms with E-state index in [2.05, 4.69) is 11.8 Å². The first-order chi connectivity index (χ1) is 6.34. The predicted molar refractivity (Wildman–Crippen MR) is 51.7 cm³/mol. The molecule has 13 heavy (non-hydrogen) atoms. The number of morpholine rings is 1. The Morgan fingerprint density at radius 3 is 3.08 bits per heavy atom. The molecule has 0 bridgehead atoms. The quantitative estimate of drug-likeness (QED) is 0.601. The number of hydrogen-bond donors (Lipinski definition) is 1. The van der Waals surface area contributed by atoms with E-state index in [4.69, 9.17) is 15.2 Å². The van der Waals surface area contributed by atoms with Gasteiger partial charge in [0.05, 0.1) is 26.4 Å². The lowest BCUT2D eigenvalue weighted by molar-refractivity contribution is -0.0132. The molecule has 78 valence electrons. The molecule has 1 rings (SSSR count). The second kappa shape index (κ2) is 6.32. The highest BCUT2D eigenvalue weighted by Crippen LogP contribution is 2.04.